The zero-order chi connectivity index (χ0) is 16.4. The van der Waals surface area contributed by atoms with Gasteiger partial charge in [0.1, 0.15) is 17.2 Å². The van der Waals surface area contributed by atoms with Crippen molar-refractivity contribution in [3.8, 4) is 0 Å². The second-order valence-corrected chi connectivity index (χ2v) is 5.95. The highest BCUT2D eigenvalue weighted by Gasteiger charge is 2.11. The van der Waals surface area contributed by atoms with Crippen LogP contribution in [-0.4, -0.2) is 31.4 Å². The smallest absolute Gasteiger partial charge is 0.234 e. The van der Waals surface area contributed by atoms with Gasteiger partial charge in [-0.15, -0.1) is 0 Å². The minimum Gasteiger partial charge on any atom is -0.325 e. The van der Waals surface area contributed by atoms with Crippen LogP contribution in [-0.2, 0) is 11.8 Å². The highest BCUT2D eigenvalue weighted by Crippen LogP contribution is 2.24. The summed E-state index contributed by atoms with van der Waals surface area (Å²) in [6, 6.07) is 4.61. The molecule has 0 aliphatic carbocycles. The molecule has 0 fully saturated rings. The van der Waals surface area contributed by atoms with Gasteiger partial charge in [-0.25, -0.2) is 14.4 Å². The maximum Gasteiger partial charge on any atom is 0.234 e. The lowest BCUT2D eigenvalue weighted by atomic mass is 10.2. The van der Waals surface area contributed by atoms with Crippen LogP contribution in [0, 0.1) is 12.7 Å². The molecule has 3 aromatic rings. The van der Waals surface area contributed by atoms with E-state index in [4.69, 9.17) is 0 Å². The molecule has 0 aliphatic heterocycles. The number of hydrogen-bond acceptors (Lipinski definition) is 5. The first kappa shape index (κ1) is 15.4. The van der Waals surface area contributed by atoms with Crippen molar-refractivity contribution in [2.24, 2.45) is 7.05 Å². The standard InChI is InChI=1S/C15H14FN5OS/c1-9-3-4-10(5-12(9)16)20-13(22)7-23-15-11-6-19-21(2)14(11)17-8-18-15/h3-6,8H,7H2,1-2H3,(H,20,22). The largest absolute Gasteiger partial charge is 0.325 e. The van der Waals surface area contributed by atoms with Gasteiger partial charge in [-0.3, -0.25) is 9.48 Å². The van der Waals surface area contributed by atoms with E-state index in [1.807, 2.05) is 0 Å². The van der Waals surface area contributed by atoms with E-state index in [-0.39, 0.29) is 17.5 Å². The van der Waals surface area contributed by atoms with Gasteiger partial charge < -0.3 is 5.32 Å². The molecule has 0 spiro atoms. The van der Waals surface area contributed by atoms with Crippen molar-refractivity contribution < 1.29 is 9.18 Å². The number of carbonyl (C=O) groups excluding carboxylic acids is 1. The number of fused-ring (bicyclic) bond motifs is 1. The van der Waals surface area contributed by atoms with E-state index in [9.17, 15) is 9.18 Å². The molecule has 6 nitrogen and oxygen atoms in total. The monoisotopic (exact) mass is 331 g/mol. The van der Waals surface area contributed by atoms with Crippen molar-refractivity contribution in [1.29, 1.82) is 0 Å². The number of aryl methyl sites for hydroxylation is 2. The SMILES string of the molecule is Cc1ccc(NC(=O)CSc2ncnc3c2cnn3C)cc1F. The van der Waals surface area contributed by atoms with Crippen molar-refractivity contribution in [3.05, 3.63) is 42.1 Å². The maximum atomic E-state index is 13.5. The number of halogens is 1. The fraction of sp³-hybridized carbons (Fsp3) is 0.200. The van der Waals surface area contributed by atoms with E-state index < -0.39 is 0 Å². The van der Waals surface area contributed by atoms with Crippen LogP contribution in [0.15, 0.2) is 35.7 Å². The molecule has 0 saturated carbocycles. The van der Waals surface area contributed by atoms with Gasteiger partial charge in [-0.1, -0.05) is 17.8 Å². The average Bonchev–Trinajstić information content (AvgIpc) is 2.91. The summed E-state index contributed by atoms with van der Waals surface area (Å²) in [6.07, 6.45) is 3.12. The molecule has 0 atom stereocenters. The Balaban J connectivity index is 1.67. The minimum atomic E-state index is -0.344. The Labute approximate surface area is 136 Å². The van der Waals surface area contributed by atoms with Gasteiger partial charge in [-0.05, 0) is 24.6 Å². The number of thioether (sulfide) groups is 1. The fourth-order valence-corrected chi connectivity index (χ4v) is 2.82. The molecule has 2 heterocycles. The normalized spacial score (nSPS) is 10.9. The van der Waals surface area contributed by atoms with Crippen LogP contribution in [0.3, 0.4) is 0 Å². The molecule has 0 aliphatic rings. The van der Waals surface area contributed by atoms with Gasteiger partial charge in [0.15, 0.2) is 5.65 Å². The lowest BCUT2D eigenvalue weighted by molar-refractivity contribution is -0.113. The number of nitrogens with zero attached hydrogens (tertiary/aromatic N) is 4. The number of anilines is 1. The molecular weight excluding hydrogens is 317 g/mol. The quantitative estimate of drug-likeness (QED) is 0.587. The Kier molecular flexibility index (Phi) is 4.24. The Hall–Kier alpha value is -2.48. The Morgan fingerprint density at radius 2 is 2.22 bits per heavy atom. The molecule has 0 bridgehead atoms. The average molecular weight is 331 g/mol. The molecule has 0 saturated heterocycles. The molecule has 1 aromatic carbocycles. The van der Waals surface area contributed by atoms with Crippen LogP contribution in [0.5, 0.6) is 0 Å². The summed E-state index contributed by atoms with van der Waals surface area (Å²) in [7, 11) is 1.79. The first-order valence-corrected chi connectivity index (χ1v) is 7.84. The molecule has 2 aromatic heterocycles. The van der Waals surface area contributed by atoms with E-state index in [0.29, 0.717) is 21.9 Å². The molecule has 23 heavy (non-hydrogen) atoms. The lowest BCUT2D eigenvalue weighted by Gasteiger charge is -2.06. The number of benzene rings is 1. The van der Waals surface area contributed by atoms with E-state index in [1.54, 1.807) is 37.0 Å². The third-order valence-corrected chi connectivity index (χ3v) is 4.29. The minimum absolute atomic E-state index is 0.163. The van der Waals surface area contributed by atoms with Crippen molar-refractivity contribution in [3.63, 3.8) is 0 Å². The second-order valence-electron chi connectivity index (χ2n) is 4.99. The second kappa shape index (κ2) is 6.33. The molecule has 8 heteroatoms. The zero-order valence-electron chi connectivity index (χ0n) is 12.6. The summed E-state index contributed by atoms with van der Waals surface area (Å²) in [5.74, 6) is -0.409. The third kappa shape index (κ3) is 3.31. The van der Waals surface area contributed by atoms with E-state index in [1.165, 1.54) is 24.2 Å². The van der Waals surface area contributed by atoms with Gasteiger partial charge in [0.05, 0.1) is 17.3 Å². The topological polar surface area (TPSA) is 72.7 Å². The van der Waals surface area contributed by atoms with Crippen molar-refractivity contribution in [2.75, 3.05) is 11.1 Å². The number of carbonyl (C=O) groups is 1. The molecule has 0 unspecified atom stereocenters. The Bertz CT molecular complexity index is 879. The van der Waals surface area contributed by atoms with Gasteiger partial charge in [-0.2, -0.15) is 5.10 Å². The van der Waals surface area contributed by atoms with Crippen LogP contribution in [0.1, 0.15) is 5.56 Å². The van der Waals surface area contributed by atoms with Crippen LogP contribution < -0.4 is 5.32 Å². The van der Waals surface area contributed by atoms with Crippen molar-refractivity contribution >= 4 is 34.4 Å². The number of rotatable bonds is 4. The van der Waals surface area contributed by atoms with Gasteiger partial charge in [0.25, 0.3) is 0 Å². The molecule has 1 N–H and O–H groups in total. The third-order valence-electron chi connectivity index (χ3n) is 3.29. The van der Waals surface area contributed by atoms with Crippen LogP contribution >= 0.6 is 11.8 Å². The fourth-order valence-electron chi connectivity index (χ4n) is 2.06. The number of amides is 1. The highest BCUT2D eigenvalue weighted by molar-refractivity contribution is 8.00. The zero-order valence-corrected chi connectivity index (χ0v) is 13.4. The van der Waals surface area contributed by atoms with Crippen molar-refractivity contribution in [1.82, 2.24) is 19.7 Å². The molecular formula is C15H14FN5OS. The number of nitrogens with one attached hydrogen (secondary N) is 1. The van der Waals surface area contributed by atoms with Gasteiger partial charge in [0, 0.05) is 12.7 Å². The first-order valence-electron chi connectivity index (χ1n) is 6.86. The Morgan fingerprint density at radius 1 is 1.39 bits per heavy atom. The van der Waals surface area contributed by atoms with Crippen LogP contribution in [0.4, 0.5) is 10.1 Å². The van der Waals surface area contributed by atoms with Gasteiger partial charge in [0.2, 0.25) is 5.91 Å². The molecule has 1 amide bonds. The van der Waals surface area contributed by atoms with Crippen LogP contribution in [0.25, 0.3) is 11.0 Å². The summed E-state index contributed by atoms with van der Waals surface area (Å²) in [5, 5.41) is 8.29. The summed E-state index contributed by atoms with van der Waals surface area (Å²) in [6.45, 7) is 1.67. The summed E-state index contributed by atoms with van der Waals surface area (Å²) < 4.78 is 15.1. The van der Waals surface area contributed by atoms with E-state index in [2.05, 4.69) is 20.4 Å². The number of aromatic nitrogens is 4. The predicted octanol–water partition coefficient (Wildman–Crippen LogP) is 2.54. The van der Waals surface area contributed by atoms with Gasteiger partial charge >= 0.3 is 0 Å². The van der Waals surface area contributed by atoms with E-state index >= 15 is 0 Å². The summed E-state index contributed by atoms with van der Waals surface area (Å²) >= 11 is 1.29. The lowest BCUT2D eigenvalue weighted by Crippen LogP contribution is -2.14. The summed E-state index contributed by atoms with van der Waals surface area (Å²) in [4.78, 5) is 20.3. The van der Waals surface area contributed by atoms with Crippen LogP contribution in [0.2, 0.25) is 0 Å². The Morgan fingerprint density at radius 3 is 3.00 bits per heavy atom. The predicted molar refractivity (Wildman–Crippen MR) is 86.8 cm³/mol. The van der Waals surface area contributed by atoms with Crippen molar-refractivity contribution in [2.45, 2.75) is 11.9 Å². The maximum absolute atomic E-state index is 13.5. The molecule has 3 rings (SSSR count). The highest BCUT2D eigenvalue weighted by atomic mass is 32.2. The number of hydrogen-bond donors (Lipinski definition) is 1. The van der Waals surface area contributed by atoms with E-state index in [0.717, 1.165) is 5.39 Å². The molecule has 118 valence electrons. The first-order chi connectivity index (χ1) is 11.0. The summed E-state index contributed by atoms with van der Waals surface area (Å²) in [5.41, 5.74) is 1.69. The molecule has 0 radical (unpaired) electrons.